The summed E-state index contributed by atoms with van der Waals surface area (Å²) in [6.45, 7) is 0.313. The van der Waals surface area contributed by atoms with Crippen LogP contribution in [-0.4, -0.2) is 34.8 Å². The molecule has 0 unspecified atom stereocenters. The van der Waals surface area contributed by atoms with Gasteiger partial charge in [-0.15, -0.1) is 11.3 Å². The van der Waals surface area contributed by atoms with E-state index in [-0.39, 0.29) is 11.5 Å². The smallest absolute Gasteiger partial charge is 0.252 e. The third kappa shape index (κ3) is 5.61. The van der Waals surface area contributed by atoms with Gasteiger partial charge in [-0.3, -0.25) is 9.59 Å². The predicted molar refractivity (Wildman–Crippen MR) is 94.6 cm³/mol. The Bertz CT molecular complexity index is 680. The van der Waals surface area contributed by atoms with E-state index < -0.39 is 17.8 Å². The van der Waals surface area contributed by atoms with Gasteiger partial charge in [0.2, 0.25) is 5.91 Å². The fraction of sp³-hybridized carbons (Fsp3) is 0.312. The molecule has 0 aliphatic carbocycles. The highest BCUT2D eigenvalue weighted by Gasteiger charge is 2.21. The van der Waals surface area contributed by atoms with Gasteiger partial charge in [0.15, 0.2) is 0 Å². The zero-order valence-electron chi connectivity index (χ0n) is 13.1. The van der Waals surface area contributed by atoms with Gasteiger partial charge in [0, 0.05) is 10.9 Å². The number of hydrogen-bond donors (Lipinski definition) is 2. The molecular weight excluding hydrogens is 349 g/mol. The second-order valence-corrected chi connectivity index (χ2v) is 6.72. The lowest BCUT2D eigenvalue weighted by Crippen LogP contribution is -2.46. The van der Waals surface area contributed by atoms with Gasteiger partial charge < -0.3 is 10.6 Å². The maximum Gasteiger partial charge on any atom is 0.252 e. The molecule has 24 heavy (non-hydrogen) atoms. The van der Waals surface area contributed by atoms with Gasteiger partial charge in [-0.05, 0) is 36.6 Å². The molecule has 1 atom stereocenters. The van der Waals surface area contributed by atoms with E-state index in [9.17, 15) is 14.0 Å². The highest BCUT2D eigenvalue weighted by atomic mass is 32.2. The Balaban J connectivity index is 1.98. The number of thioether (sulfide) groups is 1. The first-order valence-electron chi connectivity index (χ1n) is 7.30. The first kappa shape index (κ1) is 18.4. The maximum atomic E-state index is 13.2. The molecular formula is C16H18FN3O2S2. The highest BCUT2D eigenvalue weighted by molar-refractivity contribution is 7.98. The predicted octanol–water partition coefficient (Wildman–Crippen LogP) is 2.45. The number of thiazole rings is 1. The molecule has 2 N–H and O–H groups in total. The molecule has 0 saturated heterocycles. The first-order chi connectivity index (χ1) is 11.6. The van der Waals surface area contributed by atoms with Gasteiger partial charge in [-0.25, -0.2) is 9.37 Å². The van der Waals surface area contributed by atoms with Crippen molar-refractivity contribution in [1.29, 1.82) is 0 Å². The van der Waals surface area contributed by atoms with Gasteiger partial charge in [-0.2, -0.15) is 11.8 Å². The Labute approximate surface area is 148 Å². The molecule has 0 aliphatic rings. The molecule has 2 aromatic rings. The molecule has 1 aromatic carbocycles. The molecule has 0 saturated carbocycles. The fourth-order valence-electron chi connectivity index (χ4n) is 2.00. The van der Waals surface area contributed by atoms with Crippen LogP contribution in [0.15, 0.2) is 35.2 Å². The second kappa shape index (κ2) is 9.39. The Morgan fingerprint density at radius 1 is 1.42 bits per heavy atom. The van der Waals surface area contributed by atoms with Crippen LogP contribution in [0.5, 0.6) is 0 Å². The van der Waals surface area contributed by atoms with Crippen LogP contribution in [0.1, 0.15) is 22.5 Å². The Hall–Kier alpha value is -1.93. The summed E-state index contributed by atoms with van der Waals surface area (Å²) >= 11 is 3.04. The Morgan fingerprint density at radius 3 is 2.92 bits per heavy atom. The van der Waals surface area contributed by atoms with E-state index in [2.05, 4.69) is 15.6 Å². The van der Waals surface area contributed by atoms with E-state index >= 15 is 0 Å². The first-order valence-corrected chi connectivity index (χ1v) is 9.64. The van der Waals surface area contributed by atoms with Crippen molar-refractivity contribution < 1.29 is 14.0 Å². The van der Waals surface area contributed by atoms with Crippen molar-refractivity contribution in [2.45, 2.75) is 19.0 Å². The quantitative estimate of drug-likeness (QED) is 0.752. The topological polar surface area (TPSA) is 71.1 Å². The standard InChI is InChI=1S/C16H18FN3O2S2/c1-23-6-5-14(16(22)18-8-13-9-24-10-19-13)20-15(21)11-3-2-4-12(17)7-11/h2-4,7,9-10,14H,5-6,8H2,1H3,(H,18,22)(H,20,21)/t14-/m0/s1. The molecule has 8 heteroatoms. The summed E-state index contributed by atoms with van der Waals surface area (Å²) in [5.41, 5.74) is 2.66. The monoisotopic (exact) mass is 367 g/mol. The van der Waals surface area contributed by atoms with E-state index in [1.165, 1.54) is 29.5 Å². The van der Waals surface area contributed by atoms with Crippen molar-refractivity contribution in [2.24, 2.45) is 0 Å². The summed E-state index contributed by atoms with van der Waals surface area (Å²) in [4.78, 5) is 28.7. The van der Waals surface area contributed by atoms with Crippen molar-refractivity contribution in [3.8, 4) is 0 Å². The lowest BCUT2D eigenvalue weighted by atomic mass is 10.1. The van der Waals surface area contributed by atoms with Gasteiger partial charge in [0.1, 0.15) is 11.9 Å². The maximum absolute atomic E-state index is 13.2. The molecule has 1 aromatic heterocycles. The number of rotatable bonds is 8. The van der Waals surface area contributed by atoms with Crippen LogP contribution in [0, 0.1) is 5.82 Å². The number of nitrogens with zero attached hydrogens (tertiary/aromatic N) is 1. The van der Waals surface area contributed by atoms with E-state index in [0.717, 1.165) is 17.5 Å². The number of carbonyl (C=O) groups is 2. The third-order valence-electron chi connectivity index (χ3n) is 3.25. The number of benzene rings is 1. The summed E-state index contributed by atoms with van der Waals surface area (Å²) < 4.78 is 13.2. The molecule has 5 nitrogen and oxygen atoms in total. The summed E-state index contributed by atoms with van der Waals surface area (Å²) in [6.07, 6.45) is 2.42. The van der Waals surface area contributed by atoms with Crippen molar-refractivity contribution in [2.75, 3.05) is 12.0 Å². The van der Waals surface area contributed by atoms with Gasteiger partial charge in [0.25, 0.3) is 5.91 Å². The van der Waals surface area contributed by atoms with Crippen LogP contribution in [0.4, 0.5) is 4.39 Å². The number of aromatic nitrogens is 1. The molecule has 2 amide bonds. The minimum Gasteiger partial charge on any atom is -0.349 e. The van der Waals surface area contributed by atoms with E-state index in [1.54, 1.807) is 17.3 Å². The molecule has 0 spiro atoms. The zero-order chi connectivity index (χ0) is 17.4. The number of nitrogens with one attached hydrogen (secondary N) is 2. The van der Waals surface area contributed by atoms with Gasteiger partial charge in [0.05, 0.1) is 17.7 Å². The van der Waals surface area contributed by atoms with Crippen molar-refractivity contribution in [1.82, 2.24) is 15.6 Å². The van der Waals surface area contributed by atoms with Crippen LogP contribution in [0.25, 0.3) is 0 Å². The average Bonchev–Trinajstić information content (AvgIpc) is 3.09. The van der Waals surface area contributed by atoms with Crippen molar-refractivity contribution >= 4 is 34.9 Å². The van der Waals surface area contributed by atoms with Gasteiger partial charge >= 0.3 is 0 Å². The summed E-state index contributed by atoms with van der Waals surface area (Å²) in [5.74, 6) is -0.513. The van der Waals surface area contributed by atoms with E-state index in [1.807, 2.05) is 11.6 Å². The molecule has 0 fully saturated rings. The van der Waals surface area contributed by atoms with E-state index in [0.29, 0.717) is 13.0 Å². The summed E-state index contributed by atoms with van der Waals surface area (Å²) in [6, 6.07) is 4.71. The minimum absolute atomic E-state index is 0.191. The molecule has 0 radical (unpaired) electrons. The molecule has 128 valence electrons. The van der Waals surface area contributed by atoms with Crippen LogP contribution < -0.4 is 10.6 Å². The summed E-state index contributed by atoms with van der Waals surface area (Å²) in [5, 5.41) is 7.30. The minimum atomic E-state index is -0.674. The van der Waals surface area contributed by atoms with Crippen molar-refractivity contribution in [3.63, 3.8) is 0 Å². The molecule has 1 heterocycles. The second-order valence-electron chi connectivity index (χ2n) is 5.02. The normalized spacial score (nSPS) is 11.8. The Kier molecular flexibility index (Phi) is 7.20. The van der Waals surface area contributed by atoms with E-state index in [4.69, 9.17) is 0 Å². The molecule has 0 bridgehead atoms. The van der Waals surface area contributed by atoms with Crippen LogP contribution in [0.2, 0.25) is 0 Å². The lowest BCUT2D eigenvalue weighted by molar-refractivity contribution is -0.123. The van der Waals surface area contributed by atoms with Crippen molar-refractivity contribution in [3.05, 3.63) is 52.2 Å². The van der Waals surface area contributed by atoms with Gasteiger partial charge in [-0.1, -0.05) is 6.07 Å². The Morgan fingerprint density at radius 2 is 2.25 bits per heavy atom. The number of amides is 2. The molecule has 2 rings (SSSR count). The lowest BCUT2D eigenvalue weighted by Gasteiger charge is -2.18. The van der Waals surface area contributed by atoms with Crippen LogP contribution in [0.3, 0.4) is 0 Å². The summed E-state index contributed by atoms with van der Waals surface area (Å²) in [7, 11) is 0. The third-order valence-corrected chi connectivity index (χ3v) is 4.53. The average molecular weight is 367 g/mol. The van der Waals surface area contributed by atoms with Crippen LogP contribution >= 0.6 is 23.1 Å². The SMILES string of the molecule is CSCC[C@H](NC(=O)c1cccc(F)c1)C(=O)NCc1cscn1. The number of halogens is 1. The highest BCUT2D eigenvalue weighted by Crippen LogP contribution is 2.07. The number of hydrogen-bond acceptors (Lipinski definition) is 5. The largest absolute Gasteiger partial charge is 0.349 e. The van der Waals surface area contributed by atoms with Crippen LogP contribution in [-0.2, 0) is 11.3 Å². The number of carbonyl (C=O) groups excluding carboxylic acids is 2. The zero-order valence-corrected chi connectivity index (χ0v) is 14.8. The fourth-order valence-corrected chi connectivity index (χ4v) is 3.03. The molecule has 0 aliphatic heterocycles.